The highest BCUT2D eigenvalue weighted by atomic mass is 31.0. The van der Waals surface area contributed by atoms with Crippen molar-refractivity contribution in [2.24, 2.45) is 4.99 Å². The number of allylic oxidation sites excluding steroid dienone is 4. The lowest BCUT2D eigenvalue weighted by atomic mass is 10.0. The van der Waals surface area contributed by atoms with Crippen LogP contribution in [0, 0.1) is 26.7 Å². The van der Waals surface area contributed by atoms with Gasteiger partial charge in [-0.05, 0) is 86.3 Å². The Bertz CT molecular complexity index is 1370. The van der Waals surface area contributed by atoms with Crippen molar-refractivity contribution in [2.75, 3.05) is 18.9 Å². The number of aliphatic imine (C=N–C) groups is 1. The fourth-order valence-corrected chi connectivity index (χ4v) is 3.72. The van der Waals surface area contributed by atoms with Crippen LogP contribution in [0.2, 0.25) is 0 Å². The van der Waals surface area contributed by atoms with Gasteiger partial charge >= 0.3 is 6.18 Å². The van der Waals surface area contributed by atoms with Crippen LogP contribution in [0.3, 0.4) is 0 Å². The Morgan fingerprint density at radius 3 is 1.87 bits per heavy atom. The van der Waals surface area contributed by atoms with Gasteiger partial charge in [-0.2, -0.15) is 13.2 Å². The number of hydrogen-bond acceptors (Lipinski definition) is 2. The van der Waals surface area contributed by atoms with Crippen LogP contribution >= 0.6 is 9.24 Å². The second-order valence-electron chi connectivity index (χ2n) is 10.3. The third-order valence-electron chi connectivity index (χ3n) is 6.24. The van der Waals surface area contributed by atoms with Crippen LogP contribution in [0.4, 0.5) is 18.9 Å². The zero-order valence-corrected chi connectivity index (χ0v) is 29.8. The molecule has 0 saturated carbocycles. The number of alkyl halides is 3. The lowest BCUT2D eigenvalue weighted by Crippen LogP contribution is -2.11. The molecule has 0 aliphatic carbocycles. The molecule has 0 bridgehead atoms. The minimum atomic E-state index is -4.10. The first-order valence-corrected chi connectivity index (χ1v) is 15.4. The fraction of sp³-hybridized carbons (Fsp3) is 0.275. The SMILES string of the molecule is C#C.C=C.C=C(/C=C(/C)CN=CC(P)=C(C)C)c1ccccc1C.CCc1ccc(NC)cc1.Cc1ccc(CC(F)(F)F)cc1. The molecule has 3 aromatic rings. The van der Waals surface area contributed by atoms with E-state index in [1.807, 2.05) is 32.3 Å². The molecule has 0 amide bonds. The van der Waals surface area contributed by atoms with Gasteiger partial charge in [-0.1, -0.05) is 97.0 Å². The molecule has 0 aliphatic heterocycles. The Labute approximate surface area is 279 Å². The van der Waals surface area contributed by atoms with Gasteiger partial charge in [0.25, 0.3) is 0 Å². The topological polar surface area (TPSA) is 24.4 Å². The largest absolute Gasteiger partial charge is 0.393 e. The zero-order chi connectivity index (χ0) is 35.7. The summed E-state index contributed by atoms with van der Waals surface area (Å²) in [6.07, 6.45) is 8.20. The van der Waals surface area contributed by atoms with Gasteiger partial charge in [-0.3, -0.25) is 4.99 Å². The molecule has 0 heterocycles. The van der Waals surface area contributed by atoms with Gasteiger partial charge < -0.3 is 5.32 Å². The molecule has 1 N–H and O–H groups in total. The summed E-state index contributed by atoms with van der Waals surface area (Å²) in [7, 11) is 4.64. The van der Waals surface area contributed by atoms with Gasteiger partial charge in [-0.25, -0.2) is 0 Å². The number of anilines is 1. The normalized spacial score (nSPS) is 10.3. The summed E-state index contributed by atoms with van der Waals surface area (Å²) in [5, 5.41) is 4.23. The van der Waals surface area contributed by atoms with Crippen molar-refractivity contribution in [3.05, 3.63) is 143 Å². The third-order valence-corrected chi connectivity index (χ3v) is 6.96. The molecule has 0 spiro atoms. The molecule has 0 aliphatic rings. The van der Waals surface area contributed by atoms with Crippen molar-refractivity contribution >= 4 is 26.7 Å². The zero-order valence-electron chi connectivity index (χ0n) is 28.6. The van der Waals surface area contributed by atoms with E-state index in [1.54, 1.807) is 12.1 Å². The minimum absolute atomic E-state index is 0.313. The molecular formula is C40H52F3N2P. The lowest BCUT2D eigenvalue weighted by Gasteiger charge is -2.06. The van der Waals surface area contributed by atoms with Crippen molar-refractivity contribution in [3.63, 3.8) is 0 Å². The fourth-order valence-electron chi connectivity index (χ4n) is 3.62. The predicted octanol–water partition coefficient (Wildman–Crippen LogP) is 11.6. The highest BCUT2D eigenvalue weighted by molar-refractivity contribution is 7.24. The van der Waals surface area contributed by atoms with E-state index >= 15 is 0 Å². The Morgan fingerprint density at radius 2 is 1.41 bits per heavy atom. The van der Waals surface area contributed by atoms with Crippen LogP contribution < -0.4 is 5.32 Å². The molecule has 6 heteroatoms. The average molecular weight is 649 g/mol. The third kappa shape index (κ3) is 20.8. The second-order valence-corrected chi connectivity index (χ2v) is 11.0. The summed E-state index contributed by atoms with van der Waals surface area (Å²) in [6.45, 7) is 23.2. The molecule has 0 fully saturated rings. The van der Waals surface area contributed by atoms with E-state index in [1.165, 1.54) is 45.7 Å². The maximum Gasteiger partial charge on any atom is 0.393 e. The van der Waals surface area contributed by atoms with Crippen LogP contribution in [0.15, 0.2) is 120 Å². The summed E-state index contributed by atoms with van der Waals surface area (Å²) < 4.78 is 35.5. The minimum Gasteiger partial charge on any atom is -0.388 e. The number of terminal acetylenes is 1. The highest BCUT2D eigenvalue weighted by Gasteiger charge is 2.27. The van der Waals surface area contributed by atoms with E-state index in [4.69, 9.17) is 0 Å². The first-order valence-electron chi connectivity index (χ1n) is 14.8. The Balaban J connectivity index is 0. The van der Waals surface area contributed by atoms with Crippen molar-refractivity contribution < 1.29 is 13.2 Å². The number of rotatable bonds is 8. The summed E-state index contributed by atoms with van der Waals surface area (Å²) in [6, 6.07) is 23.2. The molecule has 1 unspecified atom stereocenters. The summed E-state index contributed by atoms with van der Waals surface area (Å²) >= 11 is 0. The van der Waals surface area contributed by atoms with E-state index in [-0.39, 0.29) is 0 Å². The van der Waals surface area contributed by atoms with Gasteiger partial charge in [-0.15, -0.1) is 35.2 Å². The van der Waals surface area contributed by atoms with E-state index in [0.717, 1.165) is 22.9 Å². The van der Waals surface area contributed by atoms with Crippen LogP contribution in [0.5, 0.6) is 0 Å². The second kappa shape index (κ2) is 25.1. The molecular weight excluding hydrogens is 596 g/mol. The van der Waals surface area contributed by atoms with Crippen LogP contribution in [-0.2, 0) is 12.8 Å². The van der Waals surface area contributed by atoms with Gasteiger partial charge in [0.1, 0.15) is 0 Å². The van der Waals surface area contributed by atoms with Crippen molar-refractivity contribution in [1.29, 1.82) is 0 Å². The van der Waals surface area contributed by atoms with Gasteiger partial charge in [0.2, 0.25) is 0 Å². The number of benzene rings is 3. The number of hydrogen-bond donors (Lipinski definition) is 1. The number of halogens is 3. The maximum absolute atomic E-state index is 11.8. The first kappa shape index (κ1) is 44.0. The van der Waals surface area contributed by atoms with Crippen LogP contribution in [-0.4, -0.2) is 26.0 Å². The molecule has 1 atom stereocenters. The summed E-state index contributed by atoms with van der Waals surface area (Å²) in [5.41, 5.74) is 9.83. The molecule has 248 valence electrons. The predicted molar refractivity (Wildman–Crippen MR) is 203 cm³/mol. The monoisotopic (exact) mass is 648 g/mol. The Morgan fingerprint density at radius 1 is 0.891 bits per heavy atom. The van der Waals surface area contributed by atoms with Crippen LogP contribution in [0.1, 0.15) is 55.5 Å². The van der Waals surface area contributed by atoms with E-state index in [9.17, 15) is 13.2 Å². The average Bonchev–Trinajstić information content (AvgIpc) is 3.04. The molecule has 0 aromatic heterocycles. The molecule has 3 rings (SSSR count). The number of nitrogens with zero attached hydrogens (tertiary/aromatic N) is 1. The van der Waals surface area contributed by atoms with Crippen molar-refractivity contribution in [1.82, 2.24) is 0 Å². The Kier molecular flexibility index (Phi) is 24.0. The van der Waals surface area contributed by atoms with Crippen molar-refractivity contribution in [3.8, 4) is 12.8 Å². The highest BCUT2D eigenvalue weighted by Crippen LogP contribution is 2.21. The quantitative estimate of drug-likeness (QED) is 0.0849. The standard InChI is InChI=1S/C18H24NP.C9H9F3.C9H13N.C2H4.C2H2/c1-13(2)18(20)12-19-11-14(3)10-16(5)17-9-7-6-8-15(17)4;1-7-2-4-8(5-3-7)6-9(10,11)12;1-3-8-4-6-9(10-2)7-5-8;2*1-2/h6-10,12H,5,11,20H2,1-4H3;2-5H,6H2,1H3;4-7,10H,3H2,1-2H3;1-2H2;1-2H/b14-10-,19-12?;;;;. The summed E-state index contributed by atoms with van der Waals surface area (Å²) in [4.78, 5) is 4.45. The van der Waals surface area contributed by atoms with Gasteiger partial charge in [0.05, 0.1) is 13.0 Å². The van der Waals surface area contributed by atoms with E-state index < -0.39 is 12.6 Å². The number of nitrogens with one attached hydrogen (secondary N) is 1. The first-order chi connectivity index (χ1) is 21.7. The molecule has 0 saturated heterocycles. The summed E-state index contributed by atoms with van der Waals surface area (Å²) in [5.74, 6) is 0. The lowest BCUT2D eigenvalue weighted by molar-refractivity contribution is -0.127. The van der Waals surface area contributed by atoms with Crippen molar-refractivity contribution in [2.45, 2.75) is 60.6 Å². The molecule has 46 heavy (non-hydrogen) atoms. The molecule has 0 radical (unpaired) electrons. The maximum atomic E-state index is 11.8. The smallest absolute Gasteiger partial charge is 0.388 e. The molecule has 2 nitrogen and oxygen atoms in total. The number of aryl methyl sites for hydroxylation is 3. The van der Waals surface area contributed by atoms with Crippen LogP contribution in [0.25, 0.3) is 5.57 Å². The van der Waals surface area contributed by atoms with Gasteiger partial charge in [0, 0.05) is 18.9 Å². The van der Waals surface area contributed by atoms with Gasteiger partial charge in [0.15, 0.2) is 0 Å². The Hall–Kier alpha value is -4.13. The van der Waals surface area contributed by atoms with E-state index in [0.29, 0.717) is 12.1 Å². The molecule has 3 aromatic carbocycles. The van der Waals surface area contributed by atoms with E-state index in [2.05, 4.69) is 129 Å².